The van der Waals surface area contributed by atoms with Crippen LogP contribution < -0.4 is 5.73 Å². The third-order valence-electron chi connectivity index (χ3n) is 4.90. The molecule has 1 aromatic heterocycles. The highest BCUT2D eigenvalue weighted by Gasteiger charge is 2.51. The summed E-state index contributed by atoms with van der Waals surface area (Å²) in [7, 11) is 0. The topological polar surface area (TPSA) is 68.2 Å². The Morgan fingerprint density at radius 1 is 1.27 bits per heavy atom. The van der Waals surface area contributed by atoms with Gasteiger partial charge >= 0.3 is 0 Å². The largest absolute Gasteiger partial charge is 0.390 e. The van der Waals surface area contributed by atoms with E-state index in [1.54, 1.807) is 0 Å². The molecule has 1 amide bonds. The molecule has 1 atom stereocenters. The minimum Gasteiger partial charge on any atom is -0.390 e. The Morgan fingerprint density at radius 3 is 2.45 bits per heavy atom. The number of aliphatic hydroxyl groups excluding tert-OH is 1. The van der Waals surface area contributed by atoms with Crippen LogP contribution >= 0.6 is 0 Å². The average molecular weight is 298 g/mol. The maximum atomic E-state index is 12.1. The van der Waals surface area contributed by atoms with Gasteiger partial charge in [0.15, 0.2) is 0 Å². The van der Waals surface area contributed by atoms with Crippen LogP contribution in [0.5, 0.6) is 0 Å². The SMILES string of the molecule is CC1(C)CC(C)(C(N)=O)c2cn(-c3ccccc3)c(CO)c21. The maximum Gasteiger partial charge on any atom is 0.227 e. The molecule has 1 aliphatic carbocycles. The number of amides is 1. The number of fused-ring (bicyclic) bond motifs is 1. The number of nitrogens with two attached hydrogens (primary N) is 1. The van der Waals surface area contributed by atoms with Crippen LogP contribution in [0, 0.1) is 0 Å². The summed E-state index contributed by atoms with van der Waals surface area (Å²) < 4.78 is 1.98. The summed E-state index contributed by atoms with van der Waals surface area (Å²) >= 11 is 0. The molecule has 1 aromatic carbocycles. The van der Waals surface area contributed by atoms with Gasteiger partial charge in [0.2, 0.25) is 5.91 Å². The Labute approximate surface area is 130 Å². The lowest BCUT2D eigenvalue weighted by Gasteiger charge is -2.26. The number of rotatable bonds is 3. The molecule has 1 aliphatic rings. The van der Waals surface area contributed by atoms with Crippen LogP contribution in [0.4, 0.5) is 0 Å². The van der Waals surface area contributed by atoms with E-state index in [-0.39, 0.29) is 17.9 Å². The van der Waals surface area contributed by atoms with Gasteiger partial charge in [-0.15, -0.1) is 0 Å². The van der Waals surface area contributed by atoms with Crippen LogP contribution in [-0.4, -0.2) is 15.6 Å². The molecular formula is C18H22N2O2. The van der Waals surface area contributed by atoms with Gasteiger partial charge in [0.1, 0.15) is 0 Å². The van der Waals surface area contributed by atoms with Crippen molar-refractivity contribution in [1.82, 2.24) is 4.57 Å². The molecule has 0 fully saturated rings. The predicted octanol–water partition coefficient (Wildman–Crippen LogP) is 2.39. The number of primary amides is 1. The van der Waals surface area contributed by atoms with Crippen molar-refractivity contribution in [3.8, 4) is 5.69 Å². The zero-order valence-corrected chi connectivity index (χ0v) is 13.3. The number of hydrogen-bond acceptors (Lipinski definition) is 2. The highest BCUT2D eigenvalue weighted by atomic mass is 16.3. The fourth-order valence-electron chi connectivity index (χ4n) is 3.98. The third kappa shape index (κ3) is 1.91. The van der Waals surface area contributed by atoms with E-state index in [1.165, 1.54) is 0 Å². The van der Waals surface area contributed by atoms with Gasteiger partial charge < -0.3 is 15.4 Å². The molecule has 0 aliphatic heterocycles. The van der Waals surface area contributed by atoms with Gasteiger partial charge in [-0.3, -0.25) is 4.79 Å². The average Bonchev–Trinajstić information content (AvgIpc) is 2.96. The van der Waals surface area contributed by atoms with E-state index < -0.39 is 5.41 Å². The van der Waals surface area contributed by atoms with Crippen molar-refractivity contribution in [2.45, 2.75) is 44.6 Å². The van der Waals surface area contributed by atoms with Crippen molar-refractivity contribution in [1.29, 1.82) is 0 Å². The number of hydrogen-bond donors (Lipinski definition) is 2. The van der Waals surface area contributed by atoms with Crippen molar-refractivity contribution in [2.75, 3.05) is 0 Å². The first-order valence-corrected chi connectivity index (χ1v) is 7.52. The summed E-state index contributed by atoms with van der Waals surface area (Å²) in [6.45, 7) is 6.05. The number of aromatic nitrogens is 1. The van der Waals surface area contributed by atoms with Crippen molar-refractivity contribution in [2.24, 2.45) is 5.73 Å². The molecule has 2 aromatic rings. The monoisotopic (exact) mass is 298 g/mol. The number of para-hydroxylation sites is 1. The molecule has 116 valence electrons. The van der Waals surface area contributed by atoms with Crippen LogP contribution in [0.1, 0.15) is 44.0 Å². The van der Waals surface area contributed by atoms with Gasteiger partial charge in [0.25, 0.3) is 0 Å². The predicted molar refractivity (Wildman–Crippen MR) is 85.9 cm³/mol. The van der Waals surface area contributed by atoms with Crippen LogP contribution in [0.2, 0.25) is 0 Å². The van der Waals surface area contributed by atoms with Crippen molar-refractivity contribution >= 4 is 5.91 Å². The number of aliphatic hydroxyl groups is 1. The van der Waals surface area contributed by atoms with Gasteiger partial charge in [-0.1, -0.05) is 32.0 Å². The van der Waals surface area contributed by atoms with Crippen molar-refractivity contribution < 1.29 is 9.90 Å². The summed E-state index contributed by atoms with van der Waals surface area (Å²) in [4.78, 5) is 12.1. The van der Waals surface area contributed by atoms with Gasteiger partial charge in [-0.25, -0.2) is 0 Å². The highest BCUT2D eigenvalue weighted by Crippen LogP contribution is 2.51. The van der Waals surface area contributed by atoms with E-state index in [0.29, 0.717) is 6.42 Å². The molecule has 0 spiro atoms. The molecule has 4 nitrogen and oxygen atoms in total. The van der Waals surface area contributed by atoms with E-state index in [2.05, 4.69) is 13.8 Å². The fraction of sp³-hybridized carbons (Fsp3) is 0.389. The number of carbonyl (C=O) groups excluding carboxylic acids is 1. The van der Waals surface area contributed by atoms with Crippen LogP contribution in [0.3, 0.4) is 0 Å². The van der Waals surface area contributed by atoms with Gasteiger partial charge in [-0.05, 0) is 42.0 Å². The fourth-order valence-corrected chi connectivity index (χ4v) is 3.98. The maximum absolute atomic E-state index is 12.1. The molecule has 1 heterocycles. The van der Waals surface area contributed by atoms with Crippen molar-refractivity contribution in [3.05, 3.63) is 53.3 Å². The van der Waals surface area contributed by atoms with E-state index in [9.17, 15) is 9.90 Å². The van der Waals surface area contributed by atoms with Gasteiger partial charge in [-0.2, -0.15) is 0 Å². The second-order valence-electron chi connectivity index (χ2n) is 6.99. The normalized spacial score (nSPS) is 22.5. The summed E-state index contributed by atoms with van der Waals surface area (Å²) in [6.07, 6.45) is 2.64. The Kier molecular flexibility index (Phi) is 3.18. The van der Waals surface area contributed by atoms with Crippen molar-refractivity contribution in [3.63, 3.8) is 0 Å². The first-order chi connectivity index (χ1) is 10.3. The quantitative estimate of drug-likeness (QED) is 0.913. The molecule has 22 heavy (non-hydrogen) atoms. The molecule has 0 saturated heterocycles. The highest BCUT2D eigenvalue weighted by molar-refractivity contribution is 5.88. The van der Waals surface area contributed by atoms with Crippen LogP contribution in [0.25, 0.3) is 5.69 Å². The molecule has 0 bridgehead atoms. The number of carbonyl (C=O) groups is 1. The second-order valence-corrected chi connectivity index (χ2v) is 6.99. The van der Waals surface area contributed by atoms with Crippen LogP contribution in [0.15, 0.2) is 36.5 Å². The summed E-state index contributed by atoms with van der Waals surface area (Å²) in [5, 5.41) is 9.94. The summed E-state index contributed by atoms with van der Waals surface area (Å²) in [6, 6.07) is 9.85. The lowest BCUT2D eigenvalue weighted by Crippen LogP contribution is -2.37. The minimum atomic E-state index is -0.692. The van der Waals surface area contributed by atoms with E-state index in [4.69, 9.17) is 5.73 Å². The zero-order valence-electron chi connectivity index (χ0n) is 13.3. The second kappa shape index (κ2) is 4.71. The minimum absolute atomic E-state index is 0.0670. The molecular weight excluding hydrogens is 276 g/mol. The Hall–Kier alpha value is -2.07. The lowest BCUT2D eigenvalue weighted by atomic mass is 9.79. The lowest BCUT2D eigenvalue weighted by molar-refractivity contribution is -0.123. The van der Waals surface area contributed by atoms with E-state index in [0.717, 1.165) is 22.5 Å². The van der Waals surface area contributed by atoms with E-state index in [1.807, 2.05) is 48.0 Å². The van der Waals surface area contributed by atoms with E-state index >= 15 is 0 Å². The Balaban J connectivity index is 2.30. The number of benzene rings is 1. The smallest absolute Gasteiger partial charge is 0.227 e. The van der Waals surface area contributed by atoms with Gasteiger partial charge in [0.05, 0.1) is 17.7 Å². The zero-order chi connectivity index (χ0) is 16.1. The molecule has 0 radical (unpaired) electrons. The standard InChI is InChI=1S/C18H22N2O2/c1-17(2)11-18(3,16(19)22)13-9-20(14(10-21)15(13)17)12-7-5-4-6-8-12/h4-9,21H,10-11H2,1-3H3,(H2,19,22). The molecule has 4 heteroatoms. The van der Waals surface area contributed by atoms with Gasteiger partial charge in [0, 0.05) is 11.9 Å². The molecule has 3 N–H and O–H groups in total. The summed E-state index contributed by atoms with van der Waals surface area (Å²) in [5.74, 6) is -0.311. The number of nitrogens with zero attached hydrogens (tertiary/aromatic N) is 1. The first-order valence-electron chi connectivity index (χ1n) is 7.52. The molecule has 0 saturated carbocycles. The molecule has 1 unspecified atom stereocenters. The Bertz CT molecular complexity index is 731. The first kappa shape index (κ1) is 14.9. The Morgan fingerprint density at radius 2 is 1.91 bits per heavy atom. The molecule has 3 rings (SSSR count). The third-order valence-corrected chi connectivity index (χ3v) is 4.90. The summed E-state index contributed by atoms with van der Waals surface area (Å²) in [5.41, 5.74) is 8.63. The van der Waals surface area contributed by atoms with Crippen LogP contribution in [-0.2, 0) is 22.2 Å².